The van der Waals surface area contributed by atoms with Crippen molar-refractivity contribution in [1.82, 2.24) is 4.90 Å². The maximum Gasteiger partial charge on any atom is 0.0777 e. The number of hydrogen-bond acceptors (Lipinski definition) is 2. The van der Waals surface area contributed by atoms with Gasteiger partial charge in [-0.25, -0.2) is 0 Å². The fraction of sp³-hybridized carbons (Fsp3) is 0.538. The summed E-state index contributed by atoms with van der Waals surface area (Å²) >= 11 is 12.1. The zero-order chi connectivity index (χ0) is 12.0. The third kappa shape index (κ3) is 1.97. The van der Waals surface area contributed by atoms with Gasteiger partial charge in [0.2, 0.25) is 0 Å². The molecule has 0 aromatic heterocycles. The van der Waals surface area contributed by atoms with Gasteiger partial charge in [0.25, 0.3) is 0 Å². The molecule has 1 aromatic rings. The number of fused-ring (bicyclic) bond motifs is 1. The number of aliphatic hydroxyl groups excluding tert-OH is 1. The van der Waals surface area contributed by atoms with E-state index in [-0.39, 0.29) is 12.1 Å². The number of benzene rings is 1. The van der Waals surface area contributed by atoms with Crippen molar-refractivity contribution in [2.75, 3.05) is 13.1 Å². The minimum atomic E-state index is -0.322. The van der Waals surface area contributed by atoms with E-state index in [4.69, 9.17) is 23.2 Å². The van der Waals surface area contributed by atoms with Gasteiger partial charge in [0.05, 0.1) is 22.2 Å². The molecule has 2 aliphatic rings. The largest absolute Gasteiger partial charge is 0.391 e. The van der Waals surface area contributed by atoms with E-state index in [1.165, 1.54) is 12.8 Å². The van der Waals surface area contributed by atoms with Gasteiger partial charge < -0.3 is 5.11 Å². The van der Waals surface area contributed by atoms with E-state index in [0.717, 1.165) is 24.2 Å². The molecule has 17 heavy (non-hydrogen) atoms. The molecule has 0 amide bonds. The number of hydrogen-bond donors (Lipinski definition) is 1. The summed E-state index contributed by atoms with van der Waals surface area (Å²) in [5.41, 5.74) is 2.30. The van der Waals surface area contributed by atoms with Crippen LogP contribution in [-0.2, 0) is 6.42 Å². The van der Waals surface area contributed by atoms with Crippen LogP contribution in [0.15, 0.2) is 12.1 Å². The van der Waals surface area contributed by atoms with E-state index in [2.05, 4.69) is 4.90 Å². The number of aliphatic hydroxyl groups is 1. The summed E-state index contributed by atoms with van der Waals surface area (Å²) in [4.78, 5) is 2.36. The Morgan fingerprint density at radius 2 is 1.76 bits per heavy atom. The Labute approximate surface area is 111 Å². The lowest BCUT2D eigenvalue weighted by molar-refractivity contribution is 0.0753. The molecule has 4 heteroatoms. The van der Waals surface area contributed by atoms with Crippen LogP contribution in [0.2, 0.25) is 10.0 Å². The molecule has 1 aliphatic carbocycles. The molecule has 3 rings (SSSR count). The average Bonchev–Trinajstić information content (AvgIpc) is 2.86. The van der Waals surface area contributed by atoms with Crippen molar-refractivity contribution in [3.8, 4) is 0 Å². The van der Waals surface area contributed by atoms with Crippen LogP contribution in [-0.4, -0.2) is 29.2 Å². The molecule has 1 saturated heterocycles. The van der Waals surface area contributed by atoms with Gasteiger partial charge >= 0.3 is 0 Å². The standard InChI is InChI=1S/C13H15Cl2NO/c14-10-5-8-6-12(17)13(9(8)7-11(10)15)16-3-1-2-4-16/h5,7,12-13,17H,1-4,6H2/t12-,13-/m1/s1. The minimum Gasteiger partial charge on any atom is -0.391 e. The van der Waals surface area contributed by atoms with Gasteiger partial charge in [-0.05, 0) is 49.2 Å². The van der Waals surface area contributed by atoms with E-state index < -0.39 is 0 Å². The van der Waals surface area contributed by atoms with Crippen LogP contribution in [0.25, 0.3) is 0 Å². The average molecular weight is 272 g/mol. The van der Waals surface area contributed by atoms with Crippen molar-refractivity contribution in [2.45, 2.75) is 31.4 Å². The van der Waals surface area contributed by atoms with Gasteiger partial charge in [-0.1, -0.05) is 23.2 Å². The summed E-state index contributed by atoms with van der Waals surface area (Å²) < 4.78 is 0. The first-order valence-electron chi connectivity index (χ1n) is 6.07. The smallest absolute Gasteiger partial charge is 0.0777 e. The third-order valence-corrected chi connectivity index (χ3v) is 4.55. The van der Waals surface area contributed by atoms with Crippen LogP contribution in [0.4, 0.5) is 0 Å². The summed E-state index contributed by atoms with van der Waals surface area (Å²) in [7, 11) is 0. The highest BCUT2D eigenvalue weighted by molar-refractivity contribution is 6.42. The second-order valence-electron chi connectivity index (χ2n) is 4.92. The minimum absolute atomic E-state index is 0.113. The van der Waals surface area contributed by atoms with Gasteiger partial charge in [0.15, 0.2) is 0 Å². The number of halogens is 2. The molecule has 0 radical (unpaired) electrons. The van der Waals surface area contributed by atoms with Gasteiger partial charge in [0, 0.05) is 6.42 Å². The molecule has 0 spiro atoms. The van der Waals surface area contributed by atoms with E-state index in [9.17, 15) is 5.11 Å². The molecule has 2 atom stereocenters. The highest BCUT2D eigenvalue weighted by Crippen LogP contribution is 2.41. The first-order chi connectivity index (χ1) is 8.16. The van der Waals surface area contributed by atoms with Crippen LogP contribution < -0.4 is 0 Å². The lowest BCUT2D eigenvalue weighted by Crippen LogP contribution is -2.31. The third-order valence-electron chi connectivity index (χ3n) is 3.83. The van der Waals surface area contributed by atoms with Gasteiger partial charge in [-0.15, -0.1) is 0 Å². The van der Waals surface area contributed by atoms with E-state index in [0.29, 0.717) is 16.5 Å². The van der Waals surface area contributed by atoms with Gasteiger partial charge in [-0.2, -0.15) is 0 Å². The summed E-state index contributed by atoms with van der Waals surface area (Å²) in [6.45, 7) is 2.14. The first-order valence-corrected chi connectivity index (χ1v) is 6.82. The summed E-state index contributed by atoms with van der Waals surface area (Å²) in [6, 6.07) is 3.94. The van der Waals surface area contributed by atoms with Crippen molar-refractivity contribution in [3.63, 3.8) is 0 Å². The van der Waals surface area contributed by atoms with Crippen LogP contribution in [0.3, 0.4) is 0 Å². The van der Waals surface area contributed by atoms with Gasteiger partial charge in [-0.3, -0.25) is 4.90 Å². The van der Waals surface area contributed by atoms with Crippen molar-refractivity contribution in [3.05, 3.63) is 33.3 Å². The van der Waals surface area contributed by atoms with Crippen LogP contribution in [0.1, 0.15) is 30.0 Å². The fourth-order valence-corrected chi connectivity index (χ4v) is 3.42. The molecule has 1 aliphatic heterocycles. The predicted octanol–water partition coefficient (Wildman–Crippen LogP) is 3.05. The molecule has 2 nitrogen and oxygen atoms in total. The second-order valence-corrected chi connectivity index (χ2v) is 5.74. The molecule has 1 fully saturated rings. The lowest BCUT2D eigenvalue weighted by atomic mass is 10.1. The molecular weight excluding hydrogens is 257 g/mol. The van der Waals surface area contributed by atoms with Crippen LogP contribution in [0, 0.1) is 0 Å². The van der Waals surface area contributed by atoms with Crippen molar-refractivity contribution >= 4 is 23.2 Å². The number of nitrogens with zero attached hydrogens (tertiary/aromatic N) is 1. The summed E-state index contributed by atoms with van der Waals surface area (Å²) in [6.07, 6.45) is 2.81. The molecule has 0 saturated carbocycles. The Hall–Kier alpha value is -0.280. The summed E-state index contributed by atoms with van der Waals surface area (Å²) in [5, 5.41) is 11.4. The fourth-order valence-electron chi connectivity index (χ4n) is 3.06. The Balaban J connectivity index is 2.00. The van der Waals surface area contributed by atoms with Crippen molar-refractivity contribution < 1.29 is 5.11 Å². The summed E-state index contributed by atoms with van der Waals surface area (Å²) in [5.74, 6) is 0. The SMILES string of the molecule is O[C@@H]1Cc2cc(Cl)c(Cl)cc2[C@H]1N1CCCC1. The number of likely N-dealkylation sites (tertiary alicyclic amines) is 1. The monoisotopic (exact) mass is 271 g/mol. The molecular formula is C13H15Cl2NO. The zero-order valence-electron chi connectivity index (χ0n) is 9.50. The second kappa shape index (κ2) is 4.43. The maximum absolute atomic E-state index is 10.2. The zero-order valence-corrected chi connectivity index (χ0v) is 11.0. The normalized spacial score (nSPS) is 28.6. The highest BCUT2D eigenvalue weighted by Gasteiger charge is 2.36. The molecule has 1 heterocycles. The Kier molecular flexibility index (Phi) is 3.07. The Bertz CT molecular complexity index is 443. The number of rotatable bonds is 1. The van der Waals surface area contributed by atoms with Crippen molar-refractivity contribution in [1.29, 1.82) is 0 Å². The van der Waals surface area contributed by atoms with Gasteiger partial charge in [0.1, 0.15) is 0 Å². The maximum atomic E-state index is 10.2. The molecule has 0 bridgehead atoms. The lowest BCUT2D eigenvalue weighted by Gasteiger charge is -2.27. The topological polar surface area (TPSA) is 23.5 Å². The van der Waals surface area contributed by atoms with Crippen LogP contribution >= 0.6 is 23.2 Å². The molecule has 1 aromatic carbocycles. The first kappa shape index (κ1) is 11.8. The predicted molar refractivity (Wildman–Crippen MR) is 69.7 cm³/mol. The van der Waals surface area contributed by atoms with E-state index in [1.54, 1.807) is 0 Å². The van der Waals surface area contributed by atoms with E-state index >= 15 is 0 Å². The molecule has 1 N–H and O–H groups in total. The quantitative estimate of drug-likeness (QED) is 0.849. The molecule has 92 valence electrons. The Morgan fingerprint density at radius 3 is 2.47 bits per heavy atom. The Morgan fingerprint density at radius 1 is 1.12 bits per heavy atom. The van der Waals surface area contributed by atoms with E-state index in [1.807, 2.05) is 12.1 Å². The highest BCUT2D eigenvalue weighted by atomic mass is 35.5. The van der Waals surface area contributed by atoms with Crippen LogP contribution in [0.5, 0.6) is 0 Å². The van der Waals surface area contributed by atoms with Crippen molar-refractivity contribution in [2.24, 2.45) is 0 Å². The molecule has 0 unspecified atom stereocenters.